The van der Waals surface area contributed by atoms with Crippen LogP contribution in [-0.4, -0.2) is 19.9 Å². The first-order valence-corrected chi connectivity index (χ1v) is 19.6. The van der Waals surface area contributed by atoms with Gasteiger partial charge in [-0.3, -0.25) is 0 Å². The second kappa shape index (κ2) is 13.6. The Morgan fingerprint density at radius 1 is 0.267 bits per heavy atom. The Bertz CT molecular complexity index is 3020. The summed E-state index contributed by atoms with van der Waals surface area (Å²) in [7, 11) is 0. The number of aromatic nitrogens is 4. The lowest BCUT2D eigenvalue weighted by atomic mass is 9.86. The average molecular weight is 775 g/mol. The van der Waals surface area contributed by atoms with Gasteiger partial charge in [0.15, 0.2) is 23.0 Å². The lowest BCUT2D eigenvalue weighted by molar-refractivity contribution is 0.586. The van der Waals surface area contributed by atoms with Gasteiger partial charge in [0.1, 0.15) is 0 Å². The quantitative estimate of drug-likeness (QED) is 0.141. The molecule has 0 bridgehead atoms. The minimum Gasteiger partial charge on any atom is -0.436 e. The van der Waals surface area contributed by atoms with Crippen LogP contribution in [0.3, 0.4) is 0 Å². The highest BCUT2D eigenvalue weighted by Crippen LogP contribution is 2.49. The zero-order chi connectivity index (χ0) is 39.6. The SMILES string of the molecule is c1ccc(-c2cnc(-c3cc(-c4ncc(-c5ccccc5)o4)c4ccc5c(-c6ncc(-c7ccccc7)o6)cc(-c6ncc(-c7ccccc7)o6)c6ccc3c4c65)o2)cc1. The molecular weight excluding hydrogens is 745 g/mol. The first-order chi connectivity index (χ1) is 29.7. The molecule has 0 aliphatic rings. The van der Waals surface area contributed by atoms with Gasteiger partial charge in [0.05, 0.1) is 24.8 Å². The van der Waals surface area contributed by atoms with Crippen molar-refractivity contribution in [2.45, 2.75) is 0 Å². The zero-order valence-electron chi connectivity index (χ0n) is 31.7. The molecule has 60 heavy (non-hydrogen) atoms. The fraction of sp³-hybridized carbons (Fsp3) is 0. The molecule has 12 aromatic rings. The van der Waals surface area contributed by atoms with Crippen LogP contribution in [0.15, 0.2) is 200 Å². The predicted octanol–water partition coefficient (Wildman–Crippen LogP) is 13.9. The molecule has 12 rings (SSSR count). The Morgan fingerprint density at radius 3 is 0.733 bits per heavy atom. The van der Waals surface area contributed by atoms with Crippen LogP contribution >= 0.6 is 0 Å². The van der Waals surface area contributed by atoms with Crippen LogP contribution in [0.4, 0.5) is 0 Å². The summed E-state index contributed by atoms with van der Waals surface area (Å²) in [5.41, 5.74) is 6.93. The van der Waals surface area contributed by atoms with Gasteiger partial charge in [-0.1, -0.05) is 146 Å². The molecule has 0 spiro atoms. The van der Waals surface area contributed by atoms with Crippen molar-refractivity contribution in [3.63, 3.8) is 0 Å². The van der Waals surface area contributed by atoms with E-state index in [1.54, 1.807) is 24.8 Å². The molecule has 4 aromatic heterocycles. The maximum Gasteiger partial charge on any atom is 0.227 e. The maximum absolute atomic E-state index is 6.58. The summed E-state index contributed by atoms with van der Waals surface area (Å²) in [6, 6.07) is 52.6. The Hall–Kier alpha value is -8.36. The van der Waals surface area contributed by atoms with Crippen molar-refractivity contribution in [2.24, 2.45) is 0 Å². The average Bonchev–Trinajstić information content (AvgIpc) is 4.17. The minimum absolute atomic E-state index is 0.476. The van der Waals surface area contributed by atoms with E-state index in [0.717, 1.165) is 76.8 Å². The second-order valence-electron chi connectivity index (χ2n) is 14.6. The van der Waals surface area contributed by atoms with Gasteiger partial charge in [-0.25, -0.2) is 19.9 Å². The Labute approximate surface area is 342 Å². The van der Waals surface area contributed by atoms with Crippen molar-refractivity contribution in [2.75, 3.05) is 0 Å². The number of benzene rings is 8. The molecule has 0 radical (unpaired) electrons. The van der Waals surface area contributed by atoms with Gasteiger partial charge in [0, 0.05) is 44.5 Å². The van der Waals surface area contributed by atoms with Crippen LogP contribution in [0.25, 0.3) is 123 Å². The highest BCUT2D eigenvalue weighted by atomic mass is 16.4. The molecule has 0 amide bonds. The van der Waals surface area contributed by atoms with Gasteiger partial charge in [-0.15, -0.1) is 0 Å². The molecule has 8 nitrogen and oxygen atoms in total. The standard InChI is InChI=1S/C52H30N4O4/c1-5-13-31(14-6-1)43-27-53-49(57-43)39-25-40(50-54-28-44(58-50)32-15-7-2-8-16-32)36-23-24-38-42(52-56-30-46(60-52)34-19-11-4-12-20-34)26-41(37-22-21-35(39)47(36)48(37)38)51-55-29-45(59-51)33-17-9-3-10-18-33/h1-30H. The van der Waals surface area contributed by atoms with E-state index in [4.69, 9.17) is 37.6 Å². The molecule has 0 atom stereocenters. The third-order valence-electron chi connectivity index (χ3n) is 11.1. The lowest BCUT2D eigenvalue weighted by Crippen LogP contribution is -1.94. The molecule has 282 valence electrons. The van der Waals surface area contributed by atoms with E-state index in [0.29, 0.717) is 46.6 Å². The summed E-state index contributed by atoms with van der Waals surface area (Å²) >= 11 is 0. The topological polar surface area (TPSA) is 104 Å². The van der Waals surface area contributed by atoms with E-state index in [1.165, 1.54) is 0 Å². The van der Waals surface area contributed by atoms with Gasteiger partial charge in [0.25, 0.3) is 0 Å². The molecular formula is C52H30N4O4. The zero-order valence-corrected chi connectivity index (χ0v) is 31.7. The molecule has 0 N–H and O–H groups in total. The van der Waals surface area contributed by atoms with Crippen LogP contribution in [0.2, 0.25) is 0 Å². The fourth-order valence-corrected chi connectivity index (χ4v) is 8.24. The van der Waals surface area contributed by atoms with Crippen molar-refractivity contribution in [1.29, 1.82) is 0 Å². The van der Waals surface area contributed by atoms with Crippen LogP contribution in [0.1, 0.15) is 0 Å². The third kappa shape index (κ3) is 5.54. The summed E-state index contributed by atoms with van der Waals surface area (Å²) in [5, 5.41) is 5.73. The van der Waals surface area contributed by atoms with Crippen molar-refractivity contribution < 1.29 is 17.7 Å². The fourth-order valence-electron chi connectivity index (χ4n) is 8.24. The first-order valence-electron chi connectivity index (χ1n) is 19.6. The Balaban J connectivity index is 1.15. The normalized spacial score (nSPS) is 11.7. The van der Waals surface area contributed by atoms with Gasteiger partial charge >= 0.3 is 0 Å². The molecule has 0 aliphatic heterocycles. The van der Waals surface area contributed by atoms with Crippen molar-refractivity contribution >= 4 is 32.3 Å². The molecule has 0 aliphatic carbocycles. The van der Waals surface area contributed by atoms with Gasteiger partial charge in [0.2, 0.25) is 23.6 Å². The van der Waals surface area contributed by atoms with Crippen LogP contribution in [0, 0.1) is 0 Å². The largest absolute Gasteiger partial charge is 0.436 e. The van der Waals surface area contributed by atoms with E-state index in [1.807, 2.05) is 121 Å². The van der Waals surface area contributed by atoms with Crippen LogP contribution in [-0.2, 0) is 0 Å². The van der Waals surface area contributed by atoms with Gasteiger partial charge in [-0.2, -0.15) is 0 Å². The molecule has 4 heterocycles. The maximum atomic E-state index is 6.58. The summed E-state index contributed by atoms with van der Waals surface area (Å²) in [5.74, 6) is 4.57. The lowest BCUT2D eigenvalue weighted by Gasteiger charge is -2.18. The van der Waals surface area contributed by atoms with E-state index < -0.39 is 0 Å². The Morgan fingerprint density at radius 2 is 0.500 bits per heavy atom. The summed E-state index contributed by atoms with van der Waals surface area (Å²) < 4.78 is 26.3. The number of hydrogen-bond acceptors (Lipinski definition) is 8. The first kappa shape index (κ1) is 33.7. The smallest absolute Gasteiger partial charge is 0.227 e. The molecule has 8 aromatic carbocycles. The third-order valence-corrected chi connectivity index (χ3v) is 11.1. The second-order valence-corrected chi connectivity index (χ2v) is 14.6. The van der Waals surface area contributed by atoms with Crippen molar-refractivity contribution in [3.05, 3.63) is 183 Å². The van der Waals surface area contributed by atoms with E-state index in [-0.39, 0.29) is 0 Å². The minimum atomic E-state index is 0.476. The molecule has 0 saturated heterocycles. The number of rotatable bonds is 8. The monoisotopic (exact) mass is 774 g/mol. The Kier molecular flexibility index (Phi) is 7.67. The highest BCUT2D eigenvalue weighted by Gasteiger charge is 2.26. The number of oxazole rings is 4. The van der Waals surface area contributed by atoms with Crippen LogP contribution < -0.4 is 0 Å². The van der Waals surface area contributed by atoms with E-state index in [2.05, 4.69) is 36.4 Å². The molecule has 0 fully saturated rings. The van der Waals surface area contributed by atoms with E-state index in [9.17, 15) is 0 Å². The van der Waals surface area contributed by atoms with Crippen molar-refractivity contribution in [1.82, 2.24) is 19.9 Å². The molecule has 0 unspecified atom stereocenters. The molecule has 8 heteroatoms. The summed E-state index contributed by atoms with van der Waals surface area (Å²) in [6.07, 6.45) is 7.10. The number of nitrogens with zero attached hydrogens (tertiary/aromatic N) is 4. The van der Waals surface area contributed by atoms with Gasteiger partial charge in [-0.05, 0) is 44.5 Å². The van der Waals surface area contributed by atoms with Gasteiger partial charge < -0.3 is 17.7 Å². The van der Waals surface area contributed by atoms with Crippen LogP contribution in [0.5, 0.6) is 0 Å². The number of hydrogen-bond donors (Lipinski definition) is 0. The predicted molar refractivity (Wildman–Crippen MR) is 234 cm³/mol. The summed E-state index contributed by atoms with van der Waals surface area (Å²) in [4.78, 5) is 19.4. The summed E-state index contributed by atoms with van der Waals surface area (Å²) in [6.45, 7) is 0. The van der Waals surface area contributed by atoms with E-state index >= 15 is 0 Å². The highest BCUT2D eigenvalue weighted by molar-refractivity contribution is 6.31. The molecule has 0 saturated carbocycles. The van der Waals surface area contributed by atoms with Crippen molar-refractivity contribution in [3.8, 4) is 91.1 Å².